The van der Waals surface area contributed by atoms with Gasteiger partial charge in [-0.05, 0) is 31.9 Å². The van der Waals surface area contributed by atoms with Crippen LogP contribution in [0, 0.1) is 10.1 Å². The molecule has 0 aromatic heterocycles. The Hall–Kier alpha value is -2.15. The minimum absolute atomic E-state index is 0.118. The molecule has 21 heavy (non-hydrogen) atoms. The summed E-state index contributed by atoms with van der Waals surface area (Å²) < 4.78 is 10.1. The number of carbonyl (C=O) groups is 1. The number of hydrogen-bond donors (Lipinski definition) is 1. The second-order valence-electron chi connectivity index (χ2n) is 4.74. The van der Waals surface area contributed by atoms with Crippen molar-refractivity contribution in [2.24, 2.45) is 0 Å². The maximum Gasteiger partial charge on any atom is 0.338 e. The standard InChI is InChI=1S/C14H18N2O5/c1-2-21-14(17)10-3-4-12(13(9-10)16(18)19)15-11-5-7-20-8-6-11/h3-4,9,11,15H,2,5-8H2,1H3. The van der Waals surface area contributed by atoms with Gasteiger partial charge < -0.3 is 14.8 Å². The van der Waals surface area contributed by atoms with Gasteiger partial charge in [-0.1, -0.05) is 0 Å². The van der Waals surface area contributed by atoms with E-state index in [9.17, 15) is 14.9 Å². The van der Waals surface area contributed by atoms with Gasteiger partial charge >= 0.3 is 5.97 Å². The molecule has 7 heteroatoms. The molecule has 2 rings (SSSR count). The van der Waals surface area contributed by atoms with Crippen LogP contribution < -0.4 is 5.32 Å². The Morgan fingerprint density at radius 1 is 1.48 bits per heavy atom. The maximum atomic E-state index is 11.6. The van der Waals surface area contributed by atoms with E-state index in [0.717, 1.165) is 12.8 Å². The van der Waals surface area contributed by atoms with Crippen LogP contribution >= 0.6 is 0 Å². The average molecular weight is 294 g/mol. The van der Waals surface area contributed by atoms with Crippen LogP contribution in [0.15, 0.2) is 18.2 Å². The van der Waals surface area contributed by atoms with Crippen molar-refractivity contribution >= 4 is 17.3 Å². The van der Waals surface area contributed by atoms with Crippen LogP contribution in [-0.4, -0.2) is 36.8 Å². The zero-order valence-corrected chi connectivity index (χ0v) is 11.8. The smallest absolute Gasteiger partial charge is 0.338 e. The van der Waals surface area contributed by atoms with E-state index in [1.165, 1.54) is 12.1 Å². The first-order chi connectivity index (χ1) is 10.1. The molecule has 0 spiro atoms. The summed E-state index contributed by atoms with van der Waals surface area (Å²) in [4.78, 5) is 22.3. The summed E-state index contributed by atoms with van der Waals surface area (Å²) in [6.45, 7) is 3.21. The molecule has 1 N–H and O–H groups in total. The fourth-order valence-corrected chi connectivity index (χ4v) is 2.21. The number of hydrogen-bond acceptors (Lipinski definition) is 6. The topological polar surface area (TPSA) is 90.7 Å². The molecule has 1 aromatic carbocycles. The van der Waals surface area contributed by atoms with Crippen LogP contribution in [0.4, 0.5) is 11.4 Å². The first kappa shape index (κ1) is 15.2. The number of carbonyl (C=O) groups excluding carboxylic acids is 1. The Balaban J connectivity index is 2.20. The summed E-state index contributed by atoms with van der Waals surface area (Å²) in [5.74, 6) is -0.557. The Labute approximate surface area is 122 Å². The number of nitro benzene ring substituents is 1. The number of benzene rings is 1. The van der Waals surface area contributed by atoms with E-state index in [4.69, 9.17) is 9.47 Å². The second-order valence-corrected chi connectivity index (χ2v) is 4.74. The highest BCUT2D eigenvalue weighted by molar-refractivity contribution is 5.91. The van der Waals surface area contributed by atoms with Crippen molar-refractivity contribution in [3.8, 4) is 0 Å². The summed E-state index contributed by atoms with van der Waals surface area (Å²) in [5.41, 5.74) is 0.480. The second kappa shape index (κ2) is 7.03. The van der Waals surface area contributed by atoms with Crippen molar-refractivity contribution in [2.75, 3.05) is 25.1 Å². The van der Waals surface area contributed by atoms with Crippen LogP contribution in [-0.2, 0) is 9.47 Å². The molecular formula is C14H18N2O5. The van der Waals surface area contributed by atoms with Gasteiger partial charge in [0.05, 0.1) is 17.1 Å². The lowest BCUT2D eigenvalue weighted by Crippen LogP contribution is -2.28. The number of nitrogens with zero attached hydrogens (tertiary/aromatic N) is 1. The van der Waals surface area contributed by atoms with Gasteiger partial charge in [-0.3, -0.25) is 10.1 Å². The van der Waals surface area contributed by atoms with Gasteiger partial charge in [-0.2, -0.15) is 0 Å². The minimum atomic E-state index is -0.557. The van der Waals surface area contributed by atoms with Crippen molar-refractivity contribution in [1.29, 1.82) is 0 Å². The van der Waals surface area contributed by atoms with Crippen molar-refractivity contribution in [2.45, 2.75) is 25.8 Å². The highest BCUT2D eigenvalue weighted by Gasteiger charge is 2.21. The van der Waals surface area contributed by atoms with Crippen molar-refractivity contribution in [3.05, 3.63) is 33.9 Å². The number of anilines is 1. The van der Waals surface area contributed by atoms with Crippen LogP contribution in [0.3, 0.4) is 0 Å². The van der Waals surface area contributed by atoms with Crippen LogP contribution in [0.5, 0.6) is 0 Å². The van der Waals surface area contributed by atoms with Crippen LogP contribution in [0.25, 0.3) is 0 Å². The van der Waals surface area contributed by atoms with Crippen molar-refractivity contribution < 1.29 is 19.2 Å². The SMILES string of the molecule is CCOC(=O)c1ccc(NC2CCOCC2)c([N+](=O)[O-])c1. The molecular weight excluding hydrogens is 276 g/mol. The first-order valence-corrected chi connectivity index (χ1v) is 6.91. The molecule has 1 aliphatic heterocycles. The van der Waals surface area contributed by atoms with Crippen LogP contribution in [0.2, 0.25) is 0 Å². The third kappa shape index (κ3) is 3.91. The van der Waals surface area contributed by atoms with E-state index >= 15 is 0 Å². The molecule has 0 radical (unpaired) electrons. The highest BCUT2D eigenvalue weighted by atomic mass is 16.6. The average Bonchev–Trinajstić information content (AvgIpc) is 2.48. The van der Waals surface area contributed by atoms with Gasteiger partial charge in [0.1, 0.15) is 5.69 Å². The molecule has 7 nitrogen and oxygen atoms in total. The monoisotopic (exact) mass is 294 g/mol. The predicted molar refractivity (Wildman–Crippen MR) is 76.5 cm³/mol. The number of rotatable bonds is 5. The fourth-order valence-electron chi connectivity index (χ4n) is 2.21. The molecule has 1 aromatic rings. The zero-order chi connectivity index (χ0) is 15.2. The Morgan fingerprint density at radius 2 is 2.19 bits per heavy atom. The van der Waals surface area contributed by atoms with E-state index in [1.54, 1.807) is 13.0 Å². The lowest BCUT2D eigenvalue weighted by atomic mass is 10.1. The number of ether oxygens (including phenoxy) is 2. The van der Waals surface area contributed by atoms with E-state index in [-0.39, 0.29) is 23.9 Å². The molecule has 0 aliphatic carbocycles. The fraction of sp³-hybridized carbons (Fsp3) is 0.500. The Morgan fingerprint density at radius 3 is 2.81 bits per heavy atom. The largest absolute Gasteiger partial charge is 0.462 e. The molecule has 1 saturated heterocycles. The third-order valence-electron chi connectivity index (χ3n) is 3.29. The lowest BCUT2D eigenvalue weighted by Gasteiger charge is -2.24. The summed E-state index contributed by atoms with van der Waals surface area (Å²) in [5, 5.41) is 14.3. The zero-order valence-electron chi connectivity index (χ0n) is 11.8. The summed E-state index contributed by atoms with van der Waals surface area (Å²) in [6.07, 6.45) is 1.60. The molecule has 0 unspecified atom stereocenters. The molecule has 1 heterocycles. The van der Waals surface area contributed by atoms with Gasteiger partial charge in [0.25, 0.3) is 5.69 Å². The van der Waals surface area contributed by atoms with Crippen molar-refractivity contribution in [3.63, 3.8) is 0 Å². The number of nitro groups is 1. The van der Waals surface area contributed by atoms with E-state index in [2.05, 4.69) is 5.32 Å². The first-order valence-electron chi connectivity index (χ1n) is 6.91. The van der Waals surface area contributed by atoms with Crippen LogP contribution in [0.1, 0.15) is 30.1 Å². The van der Waals surface area contributed by atoms with E-state index < -0.39 is 10.9 Å². The lowest BCUT2D eigenvalue weighted by molar-refractivity contribution is -0.384. The summed E-state index contributed by atoms with van der Waals surface area (Å²) in [6, 6.07) is 4.48. The Kier molecular flexibility index (Phi) is 5.10. The highest BCUT2D eigenvalue weighted by Crippen LogP contribution is 2.28. The van der Waals surface area contributed by atoms with Gasteiger partial charge in [0.15, 0.2) is 0 Å². The normalized spacial score (nSPS) is 15.5. The third-order valence-corrected chi connectivity index (χ3v) is 3.29. The number of nitrogens with one attached hydrogen (secondary N) is 1. The molecule has 0 bridgehead atoms. The van der Waals surface area contributed by atoms with E-state index in [1.807, 2.05) is 0 Å². The number of esters is 1. The maximum absolute atomic E-state index is 11.6. The summed E-state index contributed by atoms with van der Waals surface area (Å²) in [7, 11) is 0. The Bertz CT molecular complexity index is 526. The molecule has 1 fully saturated rings. The molecule has 114 valence electrons. The molecule has 0 saturated carbocycles. The van der Waals surface area contributed by atoms with E-state index in [0.29, 0.717) is 18.9 Å². The predicted octanol–water partition coefficient (Wildman–Crippen LogP) is 2.36. The quantitative estimate of drug-likeness (QED) is 0.509. The molecule has 0 amide bonds. The van der Waals surface area contributed by atoms with Gasteiger partial charge in [-0.15, -0.1) is 0 Å². The van der Waals surface area contributed by atoms with Gasteiger partial charge in [0.2, 0.25) is 0 Å². The van der Waals surface area contributed by atoms with Gasteiger partial charge in [-0.25, -0.2) is 4.79 Å². The molecule has 1 aliphatic rings. The van der Waals surface area contributed by atoms with Gasteiger partial charge in [0, 0.05) is 25.3 Å². The minimum Gasteiger partial charge on any atom is -0.462 e. The van der Waals surface area contributed by atoms with Crippen molar-refractivity contribution in [1.82, 2.24) is 0 Å². The molecule has 0 atom stereocenters. The summed E-state index contributed by atoms with van der Waals surface area (Å²) >= 11 is 0.